The highest BCUT2D eigenvalue weighted by molar-refractivity contribution is 8.02. The average molecular weight is 343 g/mol. The third-order valence-corrected chi connectivity index (χ3v) is 6.25. The molecule has 2 aliphatic rings. The SMILES string of the molecule is CC[NH+]1CCN(C(=O)[C@@H](C)Sc2nnc(NC3CC3)s2)CC1. The zero-order valence-electron chi connectivity index (χ0n) is 13.2. The van der Waals surface area contributed by atoms with Crippen LogP contribution in [0.15, 0.2) is 4.34 Å². The fourth-order valence-electron chi connectivity index (χ4n) is 2.57. The molecule has 2 heterocycles. The molecule has 1 aliphatic carbocycles. The van der Waals surface area contributed by atoms with E-state index >= 15 is 0 Å². The van der Waals surface area contributed by atoms with Crippen LogP contribution in [0.4, 0.5) is 5.13 Å². The summed E-state index contributed by atoms with van der Waals surface area (Å²) in [6.45, 7) is 9.19. The molecule has 3 rings (SSSR count). The summed E-state index contributed by atoms with van der Waals surface area (Å²) in [6, 6.07) is 0.585. The van der Waals surface area contributed by atoms with Crippen LogP contribution in [0.3, 0.4) is 0 Å². The first-order chi connectivity index (χ1) is 10.7. The minimum atomic E-state index is -0.0927. The van der Waals surface area contributed by atoms with Crippen molar-refractivity contribution in [3.8, 4) is 0 Å². The molecule has 0 aromatic carbocycles. The standard InChI is InChI=1S/C14H23N5OS2/c1-3-18-6-8-19(9-7-18)12(20)10(2)21-14-17-16-13(22-14)15-11-4-5-11/h10-11H,3-9H2,1-2H3,(H,15,16)/p+1/t10-/m1/s1. The number of anilines is 1. The fourth-order valence-corrected chi connectivity index (χ4v) is 4.63. The maximum Gasteiger partial charge on any atom is 0.236 e. The van der Waals surface area contributed by atoms with Crippen molar-refractivity contribution in [1.29, 1.82) is 0 Å². The van der Waals surface area contributed by atoms with Gasteiger partial charge in [-0.2, -0.15) is 0 Å². The number of thioether (sulfide) groups is 1. The van der Waals surface area contributed by atoms with E-state index in [0.29, 0.717) is 6.04 Å². The van der Waals surface area contributed by atoms with E-state index in [1.54, 1.807) is 16.2 Å². The van der Waals surface area contributed by atoms with E-state index in [2.05, 4.69) is 22.4 Å². The molecule has 22 heavy (non-hydrogen) atoms. The van der Waals surface area contributed by atoms with Crippen LogP contribution in [0.5, 0.6) is 0 Å². The molecule has 122 valence electrons. The second-order valence-corrected chi connectivity index (χ2v) is 8.55. The van der Waals surface area contributed by atoms with Crippen LogP contribution >= 0.6 is 23.1 Å². The van der Waals surface area contributed by atoms with Crippen molar-refractivity contribution in [3.05, 3.63) is 0 Å². The fraction of sp³-hybridized carbons (Fsp3) is 0.786. The summed E-state index contributed by atoms with van der Waals surface area (Å²) in [5, 5.41) is 12.5. The molecule has 1 saturated heterocycles. The molecule has 1 aliphatic heterocycles. The number of carbonyl (C=O) groups is 1. The summed E-state index contributed by atoms with van der Waals surface area (Å²) < 4.78 is 0.877. The normalized spacial score (nSPS) is 20.9. The van der Waals surface area contributed by atoms with Crippen molar-refractivity contribution in [1.82, 2.24) is 15.1 Å². The summed E-state index contributed by atoms with van der Waals surface area (Å²) >= 11 is 3.08. The van der Waals surface area contributed by atoms with Gasteiger partial charge in [-0.1, -0.05) is 23.1 Å². The number of likely N-dealkylation sites (N-methyl/N-ethyl adjacent to an activating group) is 1. The van der Waals surface area contributed by atoms with E-state index in [-0.39, 0.29) is 11.2 Å². The van der Waals surface area contributed by atoms with Gasteiger partial charge < -0.3 is 15.1 Å². The van der Waals surface area contributed by atoms with Gasteiger partial charge in [0.15, 0.2) is 4.34 Å². The number of rotatable bonds is 6. The van der Waals surface area contributed by atoms with Gasteiger partial charge in [0, 0.05) is 6.04 Å². The third-order valence-electron chi connectivity index (χ3n) is 4.22. The number of nitrogens with zero attached hydrogens (tertiary/aromatic N) is 3. The van der Waals surface area contributed by atoms with Crippen molar-refractivity contribution >= 4 is 34.1 Å². The van der Waals surface area contributed by atoms with E-state index in [9.17, 15) is 4.79 Å². The Balaban J connectivity index is 1.49. The zero-order chi connectivity index (χ0) is 15.5. The lowest BCUT2D eigenvalue weighted by Gasteiger charge is -2.32. The highest BCUT2D eigenvalue weighted by Crippen LogP contribution is 2.32. The van der Waals surface area contributed by atoms with Crippen LogP contribution in [0, 0.1) is 0 Å². The highest BCUT2D eigenvalue weighted by Gasteiger charge is 2.28. The maximum atomic E-state index is 12.5. The lowest BCUT2D eigenvalue weighted by Crippen LogP contribution is -3.14. The minimum absolute atomic E-state index is 0.0927. The molecule has 8 heteroatoms. The van der Waals surface area contributed by atoms with Crippen LogP contribution in [0.25, 0.3) is 0 Å². The van der Waals surface area contributed by atoms with Crippen LogP contribution in [-0.2, 0) is 4.79 Å². The van der Waals surface area contributed by atoms with Gasteiger partial charge in [-0.25, -0.2) is 0 Å². The van der Waals surface area contributed by atoms with Gasteiger partial charge >= 0.3 is 0 Å². The van der Waals surface area contributed by atoms with Gasteiger partial charge in [-0.05, 0) is 26.7 Å². The Morgan fingerprint density at radius 2 is 2.18 bits per heavy atom. The molecule has 1 aromatic rings. The lowest BCUT2D eigenvalue weighted by atomic mass is 10.3. The first-order valence-corrected chi connectivity index (χ1v) is 9.74. The molecule has 6 nitrogen and oxygen atoms in total. The molecular weight excluding hydrogens is 318 g/mol. The largest absolute Gasteiger partial charge is 0.357 e. The maximum absolute atomic E-state index is 12.5. The van der Waals surface area contributed by atoms with E-state index in [4.69, 9.17) is 0 Å². The Bertz CT molecular complexity index is 511. The quantitative estimate of drug-likeness (QED) is 0.730. The predicted octanol–water partition coefficient (Wildman–Crippen LogP) is 0.340. The molecule has 0 unspecified atom stereocenters. The first kappa shape index (κ1) is 16.0. The third kappa shape index (κ3) is 4.11. The molecule has 0 radical (unpaired) electrons. The van der Waals surface area contributed by atoms with Crippen molar-refractivity contribution in [3.63, 3.8) is 0 Å². The number of carbonyl (C=O) groups excluding carboxylic acids is 1. The van der Waals surface area contributed by atoms with Gasteiger partial charge in [0.25, 0.3) is 0 Å². The Morgan fingerprint density at radius 3 is 2.82 bits per heavy atom. The van der Waals surface area contributed by atoms with E-state index in [1.165, 1.54) is 24.6 Å². The van der Waals surface area contributed by atoms with Gasteiger partial charge in [0.1, 0.15) is 0 Å². The monoisotopic (exact) mass is 342 g/mol. The number of amides is 1. The van der Waals surface area contributed by atoms with Crippen LogP contribution in [0.1, 0.15) is 26.7 Å². The van der Waals surface area contributed by atoms with E-state index < -0.39 is 0 Å². The number of aromatic nitrogens is 2. The molecule has 1 amide bonds. The number of nitrogens with one attached hydrogen (secondary N) is 2. The summed E-state index contributed by atoms with van der Waals surface area (Å²) in [6.07, 6.45) is 2.45. The lowest BCUT2D eigenvalue weighted by molar-refractivity contribution is -0.902. The second kappa shape index (κ2) is 7.14. The molecule has 2 N–H and O–H groups in total. The van der Waals surface area contributed by atoms with Crippen LogP contribution in [-0.4, -0.2) is 65.0 Å². The van der Waals surface area contributed by atoms with Gasteiger partial charge in [0.05, 0.1) is 38.0 Å². The molecule has 0 spiro atoms. The van der Waals surface area contributed by atoms with Gasteiger partial charge in [-0.3, -0.25) is 4.79 Å². The number of hydrogen-bond acceptors (Lipinski definition) is 6. The first-order valence-electron chi connectivity index (χ1n) is 8.04. The molecule has 1 saturated carbocycles. The van der Waals surface area contributed by atoms with Gasteiger partial charge in [0.2, 0.25) is 11.0 Å². The number of piperazine rings is 1. The van der Waals surface area contributed by atoms with Crippen LogP contribution < -0.4 is 10.2 Å². The Labute approximate surface area is 139 Å². The second-order valence-electron chi connectivity index (χ2n) is 5.98. The Kier molecular flexibility index (Phi) is 5.20. The Hall–Kier alpha value is -0.860. The number of hydrogen-bond donors (Lipinski definition) is 2. The number of quaternary nitrogens is 1. The van der Waals surface area contributed by atoms with Gasteiger partial charge in [-0.15, -0.1) is 10.2 Å². The summed E-state index contributed by atoms with van der Waals surface area (Å²) in [4.78, 5) is 16.1. The highest BCUT2D eigenvalue weighted by atomic mass is 32.2. The molecular formula is C14H24N5OS2+. The predicted molar refractivity (Wildman–Crippen MR) is 89.7 cm³/mol. The van der Waals surface area contributed by atoms with Crippen molar-refractivity contribution in [2.75, 3.05) is 38.0 Å². The average Bonchev–Trinajstić information content (AvgIpc) is 3.25. The topological polar surface area (TPSA) is 62.6 Å². The minimum Gasteiger partial charge on any atom is -0.357 e. The van der Waals surface area contributed by atoms with Crippen molar-refractivity contribution < 1.29 is 9.69 Å². The zero-order valence-corrected chi connectivity index (χ0v) is 14.8. The summed E-state index contributed by atoms with van der Waals surface area (Å²) in [7, 11) is 0. The van der Waals surface area contributed by atoms with Crippen molar-refractivity contribution in [2.45, 2.75) is 42.3 Å². The molecule has 0 bridgehead atoms. The summed E-state index contributed by atoms with van der Waals surface area (Å²) in [5.41, 5.74) is 0. The smallest absolute Gasteiger partial charge is 0.236 e. The Morgan fingerprint density at radius 1 is 1.45 bits per heavy atom. The molecule has 1 atom stereocenters. The van der Waals surface area contributed by atoms with E-state index in [1.807, 2.05) is 11.8 Å². The molecule has 2 fully saturated rings. The van der Waals surface area contributed by atoms with Crippen LogP contribution in [0.2, 0.25) is 0 Å². The van der Waals surface area contributed by atoms with E-state index in [0.717, 1.165) is 42.2 Å². The molecule has 1 aromatic heterocycles. The van der Waals surface area contributed by atoms with Crippen molar-refractivity contribution in [2.24, 2.45) is 0 Å². The summed E-state index contributed by atoms with van der Waals surface area (Å²) in [5.74, 6) is 0.229.